The molecule has 2 rings (SSSR count). The number of aromatic nitrogens is 2. The van der Waals surface area contributed by atoms with Gasteiger partial charge in [0.05, 0.1) is 0 Å². The molecular formula is C17H24N4O4. The molecule has 25 heavy (non-hydrogen) atoms. The van der Waals surface area contributed by atoms with Crippen LogP contribution in [0.4, 0.5) is 0 Å². The number of carbonyl (C=O) groups is 3. The number of piperidine rings is 1. The lowest BCUT2D eigenvalue weighted by molar-refractivity contribution is -0.138. The molecule has 1 aliphatic rings. The highest BCUT2D eigenvalue weighted by Crippen LogP contribution is 2.25. The summed E-state index contributed by atoms with van der Waals surface area (Å²) in [7, 11) is 0. The summed E-state index contributed by atoms with van der Waals surface area (Å²) in [6.45, 7) is 4.47. The predicted octanol–water partition coefficient (Wildman–Crippen LogP) is 0.644. The molecule has 0 aromatic carbocycles. The number of aliphatic carboxylic acids is 1. The Morgan fingerprint density at radius 2 is 2.12 bits per heavy atom. The summed E-state index contributed by atoms with van der Waals surface area (Å²) in [5, 5.41) is 10.9. The van der Waals surface area contributed by atoms with Crippen LogP contribution < -0.4 is 5.32 Å². The molecule has 1 fully saturated rings. The van der Waals surface area contributed by atoms with Gasteiger partial charge in [-0.1, -0.05) is 0 Å². The molecule has 0 bridgehead atoms. The van der Waals surface area contributed by atoms with Crippen molar-refractivity contribution in [2.75, 3.05) is 19.6 Å². The number of rotatable bonds is 6. The molecule has 2 heterocycles. The van der Waals surface area contributed by atoms with Crippen LogP contribution in [0.1, 0.15) is 49.3 Å². The minimum Gasteiger partial charge on any atom is -0.480 e. The molecule has 2 amide bonds. The van der Waals surface area contributed by atoms with E-state index in [0.717, 1.165) is 30.8 Å². The molecule has 0 aliphatic carbocycles. The van der Waals surface area contributed by atoms with Crippen LogP contribution >= 0.6 is 0 Å². The van der Waals surface area contributed by atoms with Gasteiger partial charge in [0.1, 0.15) is 12.4 Å². The highest BCUT2D eigenvalue weighted by molar-refractivity contribution is 5.81. The minimum absolute atomic E-state index is 0.0627. The van der Waals surface area contributed by atoms with E-state index in [0.29, 0.717) is 18.8 Å². The molecule has 0 saturated carbocycles. The molecule has 1 unspecified atom stereocenters. The molecule has 0 spiro atoms. The van der Waals surface area contributed by atoms with Gasteiger partial charge in [-0.25, -0.2) is 9.97 Å². The third-order valence-electron chi connectivity index (χ3n) is 4.20. The Morgan fingerprint density at radius 1 is 1.36 bits per heavy atom. The van der Waals surface area contributed by atoms with Crippen molar-refractivity contribution in [2.45, 2.75) is 45.4 Å². The molecule has 1 aromatic rings. The van der Waals surface area contributed by atoms with Crippen LogP contribution in [0.15, 0.2) is 6.07 Å². The summed E-state index contributed by atoms with van der Waals surface area (Å²) in [5.74, 6) is -0.502. The quantitative estimate of drug-likeness (QED) is 0.780. The van der Waals surface area contributed by atoms with Crippen molar-refractivity contribution in [1.29, 1.82) is 0 Å². The molecule has 1 aliphatic heterocycles. The zero-order valence-corrected chi connectivity index (χ0v) is 14.6. The second-order valence-corrected chi connectivity index (χ2v) is 6.33. The van der Waals surface area contributed by atoms with E-state index in [1.54, 1.807) is 6.92 Å². The zero-order chi connectivity index (χ0) is 18.4. The summed E-state index contributed by atoms with van der Waals surface area (Å²) in [4.78, 5) is 44.6. The van der Waals surface area contributed by atoms with Gasteiger partial charge in [-0.3, -0.25) is 14.4 Å². The van der Waals surface area contributed by atoms with Crippen molar-refractivity contribution in [3.8, 4) is 0 Å². The topological polar surface area (TPSA) is 112 Å². The molecule has 2 N–H and O–H groups in total. The number of hydrogen-bond acceptors (Lipinski definition) is 5. The standard InChI is InChI=1S/C17H24N4O4/c1-11-8-14(5-6-15(23)18-9-16(24)25)20-17(19-11)13-4-3-7-21(10-13)12(2)22/h8,13H,3-7,9-10H2,1-2H3,(H,18,23)(H,24,25). The Labute approximate surface area is 146 Å². The number of amides is 2. The minimum atomic E-state index is -1.07. The van der Waals surface area contributed by atoms with Crippen molar-refractivity contribution in [3.63, 3.8) is 0 Å². The van der Waals surface area contributed by atoms with E-state index >= 15 is 0 Å². The van der Waals surface area contributed by atoms with E-state index in [9.17, 15) is 14.4 Å². The third-order valence-corrected chi connectivity index (χ3v) is 4.20. The first kappa shape index (κ1) is 18.8. The number of carboxylic acids is 1. The van der Waals surface area contributed by atoms with Crippen LogP contribution in [0, 0.1) is 6.92 Å². The van der Waals surface area contributed by atoms with Gasteiger partial charge in [-0.05, 0) is 32.3 Å². The van der Waals surface area contributed by atoms with Crippen molar-refractivity contribution < 1.29 is 19.5 Å². The van der Waals surface area contributed by atoms with E-state index in [4.69, 9.17) is 5.11 Å². The Hall–Kier alpha value is -2.51. The Balaban J connectivity index is 2.01. The maximum atomic E-state index is 11.6. The summed E-state index contributed by atoms with van der Waals surface area (Å²) in [5.41, 5.74) is 1.58. The summed E-state index contributed by atoms with van der Waals surface area (Å²) in [6.07, 6.45) is 2.46. The van der Waals surface area contributed by atoms with Gasteiger partial charge in [0.25, 0.3) is 0 Å². The van der Waals surface area contributed by atoms with Crippen LogP contribution in [0.2, 0.25) is 0 Å². The number of nitrogens with one attached hydrogen (secondary N) is 1. The average Bonchev–Trinajstić information content (AvgIpc) is 2.57. The smallest absolute Gasteiger partial charge is 0.322 e. The third kappa shape index (κ3) is 5.81. The maximum absolute atomic E-state index is 11.6. The van der Waals surface area contributed by atoms with Crippen LogP contribution in [0.25, 0.3) is 0 Å². The highest BCUT2D eigenvalue weighted by atomic mass is 16.4. The van der Waals surface area contributed by atoms with Gasteiger partial charge in [-0.2, -0.15) is 0 Å². The number of aryl methyl sites for hydroxylation is 2. The molecule has 0 radical (unpaired) electrons. The van der Waals surface area contributed by atoms with Gasteiger partial charge >= 0.3 is 5.97 Å². The number of carboxylic acid groups (broad SMARTS) is 1. The van der Waals surface area contributed by atoms with Gasteiger partial charge in [-0.15, -0.1) is 0 Å². The average molecular weight is 348 g/mol. The van der Waals surface area contributed by atoms with E-state index in [2.05, 4.69) is 15.3 Å². The predicted molar refractivity (Wildman–Crippen MR) is 90.0 cm³/mol. The lowest BCUT2D eigenvalue weighted by Crippen LogP contribution is -2.38. The molecule has 8 heteroatoms. The monoisotopic (exact) mass is 348 g/mol. The fourth-order valence-corrected chi connectivity index (χ4v) is 2.95. The summed E-state index contributed by atoms with van der Waals surface area (Å²) < 4.78 is 0. The van der Waals surface area contributed by atoms with E-state index in [1.165, 1.54) is 0 Å². The Kier molecular flexibility index (Phi) is 6.44. The largest absolute Gasteiger partial charge is 0.480 e. The lowest BCUT2D eigenvalue weighted by atomic mass is 9.96. The first-order valence-electron chi connectivity index (χ1n) is 8.43. The Bertz CT molecular complexity index is 662. The van der Waals surface area contributed by atoms with Crippen LogP contribution in [0.5, 0.6) is 0 Å². The molecule has 8 nitrogen and oxygen atoms in total. The SMILES string of the molecule is CC(=O)N1CCCC(c2nc(C)cc(CCC(=O)NCC(=O)O)n2)C1. The maximum Gasteiger partial charge on any atom is 0.322 e. The van der Waals surface area contributed by atoms with Crippen molar-refractivity contribution in [1.82, 2.24) is 20.2 Å². The van der Waals surface area contributed by atoms with Gasteiger partial charge in [0.2, 0.25) is 11.8 Å². The second kappa shape index (κ2) is 8.55. The van der Waals surface area contributed by atoms with Gasteiger partial charge in [0.15, 0.2) is 0 Å². The number of hydrogen-bond donors (Lipinski definition) is 2. The van der Waals surface area contributed by atoms with E-state index < -0.39 is 5.97 Å². The normalized spacial score (nSPS) is 17.2. The van der Waals surface area contributed by atoms with Crippen LogP contribution in [0.3, 0.4) is 0 Å². The summed E-state index contributed by atoms with van der Waals surface area (Å²) in [6, 6.07) is 1.83. The number of likely N-dealkylation sites (tertiary alicyclic amines) is 1. The number of carbonyl (C=O) groups excluding carboxylic acids is 2. The highest BCUT2D eigenvalue weighted by Gasteiger charge is 2.25. The molecule has 1 aromatic heterocycles. The molecule has 136 valence electrons. The van der Waals surface area contributed by atoms with E-state index in [1.807, 2.05) is 17.9 Å². The zero-order valence-electron chi connectivity index (χ0n) is 14.6. The molecular weight excluding hydrogens is 324 g/mol. The van der Waals surface area contributed by atoms with Crippen molar-refractivity contribution in [3.05, 3.63) is 23.3 Å². The van der Waals surface area contributed by atoms with Crippen molar-refractivity contribution >= 4 is 17.8 Å². The summed E-state index contributed by atoms with van der Waals surface area (Å²) >= 11 is 0. The number of nitrogens with zero attached hydrogens (tertiary/aromatic N) is 3. The van der Waals surface area contributed by atoms with Crippen molar-refractivity contribution in [2.24, 2.45) is 0 Å². The van der Waals surface area contributed by atoms with Gasteiger partial charge < -0.3 is 15.3 Å². The van der Waals surface area contributed by atoms with Gasteiger partial charge in [0, 0.05) is 43.7 Å². The first-order chi connectivity index (χ1) is 11.8. The first-order valence-corrected chi connectivity index (χ1v) is 8.43. The molecule has 1 saturated heterocycles. The fourth-order valence-electron chi connectivity index (χ4n) is 2.95. The molecule has 1 atom stereocenters. The fraction of sp³-hybridized carbons (Fsp3) is 0.588. The van der Waals surface area contributed by atoms with E-state index in [-0.39, 0.29) is 30.7 Å². The van der Waals surface area contributed by atoms with Crippen LogP contribution in [-0.4, -0.2) is 57.4 Å². The lowest BCUT2D eigenvalue weighted by Gasteiger charge is -2.31. The second-order valence-electron chi connectivity index (χ2n) is 6.33. The van der Waals surface area contributed by atoms with Crippen LogP contribution in [-0.2, 0) is 20.8 Å². The Morgan fingerprint density at radius 3 is 2.80 bits per heavy atom.